The van der Waals surface area contributed by atoms with Crippen molar-refractivity contribution in [2.45, 2.75) is 37.3 Å². The van der Waals surface area contributed by atoms with Crippen molar-refractivity contribution in [1.82, 2.24) is 24.9 Å². The van der Waals surface area contributed by atoms with Crippen LogP contribution in [0.3, 0.4) is 0 Å². The van der Waals surface area contributed by atoms with Gasteiger partial charge in [-0.1, -0.05) is 11.6 Å². The molecule has 2 aromatic heterocycles. The Labute approximate surface area is 220 Å². The van der Waals surface area contributed by atoms with Crippen LogP contribution in [0.4, 0.5) is 11.5 Å². The molecule has 0 radical (unpaired) electrons. The van der Waals surface area contributed by atoms with E-state index in [2.05, 4.69) is 43.3 Å². The van der Waals surface area contributed by atoms with E-state index in [1.807, 2.05) is 19.1 Å². The fourth-order valence-electron chi connectivity index (χ4n) is 5.66. The Morgan fingerprint density at radius 3 is 2.59 bits per heavy atom. The Kier molecular flexibility index (Phi) is 5.91. The first-order chi connectivity index (χ1) is 17.6. The summed E-state index contributed by atoms with van der Waals surface area (Å²) in [6.45, 7) is 8.00. The van der Waals surface area contributed by atoms with E-state index in [0.717, 1.165) is 54.8 Å². The number of amides is 1. The molecule has 1 aliphatic carbocycles. The number of anilines is 2. The molecule has 37 heavy (non-hydrogen) atoms. The molecule has 11 heteroatoms. The minimum Gasteiger partial charge on any atom is -0.386 e. The Morgan fingerprint density at radius 1 is 1.14 bits per heavy atom. The van der Waals surface area contributed by atoms with Gasteiger partial charge < -0.3 is 20.1 Å². The molecule has 2 unspecified atom stereocenters. The molecule has 1 aromatic carbocycles. The zero-order chi connectivity index (χ0) is 25.9. The van der Waals surface area contributed by atoms with Gasteiger partial charge in [0.25, 0.3) is 0 Å². The van der Waals surface area contributed by atoms with E-state index in [0.29, 0.717) is 24.1 Å². The number of aryl methyl sites for hydroxylation is 1. The van der Waals surface area contributed by atoms with Crippen LogP contribution in [0.1, 0.15) is 31.9 Å². The van der Waals surface area contributed by atoms with Crippen LogP contribution in [-0.2, 0) is 16.6 Å². The van der Waals surface area contributed by atoms with Crippen molar-refractivity contribution in [3.8, 4) is 0 Å². The highest BCUT2D eigenvalue weighted by molar-refractivity contribution is 6.34. The normalized spacial score (nSPS) is 30.1. The van der Waals surface area contributed by atoms with E-state index in [1.54, 1.807) is 19.4 Å². The number of hydrogen-bond donors (Lipinski definition) is 2. The number of aliphatic hydroxyl groups is 1. The molecular formula is C26H32ClN7O3. The molecule has 2 aliphatic heterocycles. The van der Waals surface area contributed by atoms with E-state index in [9.17, 15) is 9.90 Å². The van der Waals surface area contributed by atoms with Gasteiger partial charge in [-0.3, -0.25) is 9.69 Å². The molecule has 10 nitrogen and oxygen atoms in total. The van der Waals surface area contributed by atoms with Gasteiger partial charge in [0.05, 0.1) is 41.4 Å². The van der Waals surface area contributed by atoms with Gasteiger partial charge in [0.15, 0.2) is 0 Å². The van der Waals surface area contributed by atoms with E-state index in [-0.39, 0.29) is 17.7 Å². The smallest absolute Gasteiger partial charge is 0.229 e. The Morgan fingerprint density at radius 2 is 1.92 bits per heavy atom. The summed E-state index contributed by atoms with van der Waals surface area (Å²) in [5.41, 5.74) is 0.533. The summed E-state index contributed by atoms with van der Waals surface area (Å²) in [6, 6.07) is 5.90. The maximum absolute atomic E-state index is 12.8. The SMILES string of the molecule is Cn1ncc(C2CC2C(=O)Nc2cc3cc(N4CCN([C@]5(C)COC[C@]5(C)O)CC4)c(Cl)cc3cn2)n1. The second-order valence-corrected chi connectivity index (χ2v) is 11.3. The highest BCUT2D eigenvalue weighted by Gasteiger charge is 2.53. The molecule has 2 N–H and O–H groups in total. The summed E-state index contributed by atoms with van der Waals surface area (Å²) in [4.78, 5) is 23.4. The van der Waals surface area contributed by atoms with Crippen LogP contribution in [0.5, 0.6) is 0 Å². The number of pyridine rings is 1. The van der Waals surface area contributed by atoms with Crippen molar-refractivity contribution < 1.29 is 14.6 Å². The topological polar surface area (TPSA) is 109 Å². The number of carbonyl (C=O) groups excluding carboxylic acids is 1. The van der Waals surface area contributed by atoms with Gasteiger partial charge in [0.2, 0.25) is 5.91 Å². The summed E-state index contributed by atoms with van der Waals surface area (Å²) >= 11 is 6.70. The maximum atomic E-state index is 12.8. The average Bonchev–Trinajstić information content (AvgIpc) is 3.48. The number of piperazine rings is 1. The van der Waals surface area contributed by atoms with Gasteiger partial charge >= 0.3 is 0 Å². The zero-order valence-electron chi connectivity index (χ0n) is 21.3. The van der Waals surface area contributed by atoms with Gasteiger partial charge in [-0.25, -0.2) is 4.98 Å². The van der Waals surface area contributed by atoms with Crippen molar-refractivity contribution in [2.75, 3.05) is 49.6 Å². The van der Waals surface area contributed by atoms with Gasteiger partial charge in [-0.15, -0.1) is 0 Å². The van der Waals surface area contributed by atoms with Crippen LogP contribution in [-0.4, -0.2) is 86.4 Å². The number of carbonyl (C=O) groups is 1. The summed E-state index contributed by atoms with van der Waals surface area (Å²) in [7, 11) is 1.77. The Bertz CT molecular complexity index is 1350. The Hall–Kier alpha value is -2.79. The number of hydrogen-bond acceptors (Lipinski definition) is 8. The Balaban J connectivity index is 1.15. The van der Waals surface area contributed by atoms with Crippen molar-refractivity contribution in [2.24, 2.45) is 13.0 Å². The first kappa shape index (κ1) is 24.5. The van der Waals surface area contributed by atoms with Crippen LogP contribution in [0.15, 0.2) is 30.6 Å². The average molecular weight is 526 g/mol. The van der Waals surface area contributed by atoms with E-state index in [4.69, 9.17) is 16.3 Å². The molecule has 0 bridgehead atoms. The summed E-state index contributed by atoms with van der Waals surface area (Å²) in [5, 5.41) is 24.8. The molecule has 3 aliphatic rings. The molecule has 196 valence electrons. The van der Waals surface area contributed by atoms with E-state index in [1.165, 1.54) is 4.80 Å². The predicted molar refractivity (Wildman–Crippen MR) is 141 cm³/mol. The fraction of sp³-hybridized carbons (Fsp3) is 0.538. The lowest BCUT2D eigenvalue weighted by Crippen LogP contribution is -2.65. The first-order valence-corrected chi connectivity index (χ1v) is 13.1. The largest absolute Gasteiger partial charge is 0.386 e. The molecule has 4 heterocycles. The molecule has 3 aromatic rings. The number of aromatic nitrogens is 4. The number of fused-ring (bicyclic) bond motifs is 1. The van der Waals surface area contributed by atoms with E-state index >= 15 is 0 Å². The van der Waals surface area contributed by atoms with Gasteiger partial charge in [-0.2, -0.15) is 15.0 Å². The van der Waals surface area contributed by atoms with Crippen LogP contribution in [0.25, 0.3) is 10.8 Å². The highest BCUT2D eigenvalue weighted by Crippen LogP contribution is 2.47. The summed E-state index contributed by atoms with van der Waals surface area (Å²) < 4.78 is 5.62. The molecule has 1 saturated carbocycles. The molecular weight excluding hydrogens is 494 g/mol. The quantitative estimate of drug-likeness (QED) is 0.523. The zero-order valence-corrected chi connectivity index (χ0v) is 22.1. The van der Waals surface area contributed by atoms with Crippen LogP contribution in [0.2, 0.25) is 5.02 Å². The molecule has 3 fully saturated rings. The number of halogens is 1. The maximum Gasteiger partial charge on any atom is 0.229 e. The molecule has 1 amide bonds. The lowest BCUT2D eigenvalue weighted by atomic mass is 9.83. The third kappa shape index (κ3) is 4.35. The van der Waals surface area contributed by atoms with Crippen LogP contribution >= 0.6 is 11.6 Å². The van der Waals surface area contributed by atoms with Crippen LogP contribution < -0.4 is 10.2 Å². The summed E-state index contributed by atoms with van der Waals surface area (Å²) in [5.74, 6) is 0.476. The number of rotatable bonds is 5. The first-order valence-electron chi connectivity index (χ1n) is 12.7. The molecule has 2 saturated heterocycles. The van der Waals surface area contributed by atoms with Gasteiger partial charge in [0, 0.05) is 56.6 Å². The van der Waals surface area contributed by atoms with Crippen LogP contribution in [0, 0.1) is 5.92 Å². The van der Waals surface area contributed by atoms with Crippen molar-refractivity contribution in [3.05, 3.63) is 41.3 Å². The number of nitrogens with zero attached hydrogens (tertiary/aromatic N) is 6. The molecule has 4 atom stereocenters. The second kappa shape index (κ2) is 8.90. The fourth-order valence-corrected chi connectivity index (χ4v) is 5.95. The number of nitrogens with one attached hydrogen (secondary N) is 1. The predicted octanol–water partition coefficient (Wildman–Crippen LogP) is 2.42. The van der Waals surface area contributed by atoms with Gasteiger partial charge in [0.1, 0.15) is 11.4 Å². The van der Waals surface area contributed by atoms with Gasteiger partial charge in [-0.05, 0) is 43.9 Å². The lowest BCUT2D eigenvalue weighted by Gasteiger charge is -2.48. The third-order valence-corrected chi connectivity index (χ3v) is 8.71. The minimum atomic E-state index is -0.876. The number of benzene rings is 1. The van der Waals surface area contributed by atoms with Crippen molar-refractivity contribution in [1.29, 1.82) is 0 Å². The summed E-state index contributed by atoms with van der Waals surface area (Å²) in [6.07, 6.45) is 4.24. The monoisotopic (exact) mass is 525 g/mol. The molecule has 0 spiro atoms. The van der Waals surface area contributed by atoms with Crippen molar-refractivity contribution >= 4 is 39.8 Å². The minimum absolute atomic E-state index is 0.0481. The third-order valence-electron chi connectivity index (χ3n) is 8.41. The second-order valence-electron chi connectivity index (χ2n) is 10.9. The lowest BCUT2D eigenvalue weighted by molar-refractivity contribution is -0.117. The number of ether oxygens (including phenoxy) is 1. The standard InChI is InChI=1S/C26H32ClN7O3/c1-25(14-37-15-26(25,2)36)34-6-4-33(5-7-34)22-9-16-10-23(28-12-17(16)8-20(22)27)30-24(35)19-11-18(19)21-13-29-32(3)31-21/h8-10,12-13,18-19,36H,4-7,11,14-15H2,1-3H3,(H,28,30,35)/t18?,19?,25-,26+/m1/s1. The van der Waals surface area contributed by atoms with E-state index < -0.39 is 11.1 Å². The molecule has 6 rings (SSSR count). The van der Waals surface area contributed by atoms with Crippen molar-refractivity contribution in [3.63, 3.8) is 0 Å². The highest BCUT2D eigenvalue weighted by atomic mass is 35.5.